The molecule has 25 heavy (non-hydrogen) atoms. The van der Waals surface area contributed by atoms with Crippen molar-refractivity contribution in [1.82, 2.24) is 0 Å². The lowest BCUT2D eigenvalue weighted by molar-refractivity contribution is 0.00695. The zero-order chi connectivity index (χ0) is 18.8. The number of anilines is 1. The molecule has 0 spiro atoms. The minimum absolute atomic E-state index is 0.000158. The van der Waals surface area contributed by atoms with Gasteiger partial charge in [-0.3, -0.25) is 4.72 Å². The van der Waals surface area contributed by atoms with Crippen LogP contribution in [0.1, 0.15) is 36.7 Å². The SMILES string of the molecule is Cc1ccc(S(=O)(=O)Nc2cc(C(=O)OC(C)(C)C)ccc2F)cc1. The van der Waals surface area contributed by atoms with Gasteiger partial charge in [-0.25, -0.2) is 17.6 Å². The molecule has 134 valence electrons. The van der Waals surface area contributed by atoms with Gasteiger partial charge >= 0.3 is 5.97 Å². The van der Waals surface area contributed by atoms with Crippen LogP contribution in [-0.2, 0) is 14.8 Å². The van der Waals surface area contributed by atoms with Crippen LogP contribution in [0.15, 0.2) is 47.4 Å². The van der Waals surface area contributed by atoms with E-state index in [4.69, 9.17) is 4.74 Å². The molecular formula is C18H20FNO4S. The van der Waals surface area contributed by atoms with Crippen molar-refractivity contribution >= 4 is 21.7 Å². The normalized spacial score (nSPS) is 11.9. The predicted octanol–water partition coefficient (Wildman–Crippen LogP) is 3.89. The van der Waals surface area contributed by atoms with Crippen molar-refractivity contribution in [3.05, 3.63) is 59.4 Å². The van der Waals surface area contributed by atoms with E-state index in [1.807, 2.05) is 6.92 Å². The van der Waals surface area contributed by atoms with E-state index in [9.17, 15) is 17.6 Å². The lowest BCUT2D eigenvalue weighted by Gasteiger charge is -2.19. The second-order valence-electron chi connectivity index (χ2n) is 6.62. The Balaban J connectivity index is 2.31. The Morgan fingerprint density at radius 2 is 1.68 bits per heavy atom. The highest BCUT2D eigenvalue weighted by Crippen LogP contribution is 2.22. The molecule has 0 aliphatic carbocycles. The van der Waals surface area contributed by atoms with Crippen molar-refractivity contribution in [1.29, 1.82) is 0 Å². The molecule has 0 aliphatic rings. The molecule has 0 amide bonds. The third kappa shape index (κ3) is 5.03. The van der Waals surface area contributed by atoms with Crippen molar-refractivity contribution in [3.8, 4) is 0 Å². The molecule has 7 heteroatoms. The number of esters is 1. The fourth-order valence-corrected chi connectivity index (χ4v) is 3.05. The molecule has 1 N–H and O–H groups in total. The second kappa shape index (κ2) is 6.84. The van der Waals surface area contributed by atoms with Gasteiger partial charge in [-0.2, -0.15) is 0 Å². The molecule has 0 atom stereocenters. The van der Waals surface area contributed by atoms with Gasteiger partial charge in [0.15, 0.2) is 0 Å². The maximum Gasteiger partial charge on any atom is 0.338 e. The van der Waals surface area contributed by atoms with Crippen molar-refractivity contribution in [2.75, 3.05) is 4.72 Å². The van der Waals surface area contributed by atoms with Crippen LogP contribution in [0.4, 0.5) is 10.1 Å². The number of sulfonamides is 1. The van der Waals surface area contributed by atoms with Crippen LogP contribution in [0.2, 0.25) is 0 Å². The first-order valence-electron chi connectivity index (χ1n) is 7.60. The maximum absolute atomic E-state index is 14.0. The fourth-order valence-electron chi connectivity index (χ4n) is 1.99. The van der Waals surface area contributed by atoms with Crippen LogP contribution in [0.25, 0.3) is 0 Å². The van der Waals surface area contributed by atoms with Crippen molar-refractivity contribution in [2.45, 2.75) is 38.2 Å². The third-order valence-corrected chi connectivity index (χ3v) is 4.56. The average Bonchev–Trinajstić information content (AvgIpc) is 2.48. The minimum atomic E-state index is -3.97. The smallest absolute Gasteiger partial charge is 0.338 e. The van der Waals surface area contributed by atoms with Crippen LogP contribution in [0.5, 0.6) is 0 Å². The quantitative estimate of drug-likeness (QED) is 0.835. The third-order valence-electron chi connectivity index (χ3n) is 3.18. The summed E-state index contributed by atoms with van der Waals surface area (Å²) in [6.07, 6.45) is 0. The summed E-state index contributed by atoms with van der Waals surface area (Å²) in [7, 11) is -3.97. The van der Waals surface area contributed by atoms with Crippen molar-refractivity contribution in [3.63, 3.8) is 0 Å². The first kappa shape index (κ1) is 18.9. The van der Waals surface area contributed by atoms with Crippen LogP contribution in [0.3, 0.4) is 0 Å². The fraction of sp³-hybridized carbons (Fsp3) is 0.278. The van der Waals surface area contributed by atoms with E-state index in [1.54, 1.807) is 32.9 Å². The number of carbonyl (C=O) groups excluding carboxylic acids is 1. The lowest BCUT2D eigenvalue weighted by Crippen LogP contribution is -2.24. The van der Waals surface area contributed by atoms with Crippen molar-refractivity contribution in [2.24, 2.45) is 0 Å². The number of aryl methyl sites for hydroxylation is 1. The topological polar surface area (TPSA) is 72.5 Å². The van der Waals surface area contributed by atoms with E-state index in [2.05, 4.69) is 4.72 Å². The van der Waals surface area contributed by atoms with Gasteiger partial charge < -0.3 is 4.74 Å². The maximum atomic E-state index is 14.0. The average molecular weight is 365 g/mol. The molecule has 5 nitrogen and oxygen atoms in total. The minimum Gasteiger partial charge on any atom is -0.456 e. The Morgan fingerprint density at radius 1 is 1.08 bits per heavy atom. The number of rotatable bonds is 4. The molecule has 0 bridgehead atoms. The van der Waals surface area contributed by atoms with E-state index in [-0.39, 0.29) is 16.1 Å². The molecule has 0 aliphatic heterocycles. The monoisotopic (exact) mass is 365 g/mol. The Bertz CT molecular complexity index is 884. The summed E-state index contributed by atoms with van der Waals surface area (Å²) in [4.78, 5) is 12.1. The molecule has 2 rings (SSSR count). The number of benzene rings is 2. The Labute approximate surface area is 146 Å². The number of carbonyl (C=O) groups is 1. The molecule has 0 saturated heterocycles. The Hall–Kier alpha value is -2.41. The number of hydrogen-bond acceptors (Lipinski definition) is 4. The summed E-state index contributed by atoms with van der Waals surface area (Å²) in [5.41, 5.74) is -0.0774. The Kier molecular flexibility index (Phi) is 5.17. The molecule has 0 fully saturated rings. The highest BCUT2D eigenvalue weighted by atomic mass is 32.2. The van der Waals surface area contributed by atoms with Gasteiger partial charge in [-0.05, 0) is 58.0 Å². The largest absolute Gasteiger partial charge is 0.456 e. The standard InChI is InChI=1S/C18H20FNO4S/c1-12-5-8-14(9-6-12)25(22,23)20-16-11-13(7-10-15(16)19)17(21)24-18(2,3)4/h5-11,20H,1-4H3. The Morgan fingerprint density at radius 3 is 2.24 bits per heavy atom. The molecule has 0 aromatic heterocycles. The van der Waals surface area contributed by atoms with Gasteiger partial charge in [-0.15, -0.1) is 0 Å². The first-order chi connectivity index (χ1) is 11.5. The molecule has 0 radical (unpaired) electrons. The van der Waals surface area contributed by atoms with Gasteiger partial charge in [-0.1, -0.05) is 17.7 Å². The van der Waals surface area contributed by atoms with Gasteiger partial charge in [0, 0.05) is 0 Å². The van der Waals surface area contributed by atoms with Gasteiger partial charge in [0.25, 0.3) is 10.0 Å². The lowest BCUT2D eigenvalue weighted by atomic mass is 10.1. The summed E-state index contributed by atoms with van der Waals surface area (Å²) >= 11 is 0. The molecule has 2 aromatic carbocycles. The molecule has 0 heterocycles. The number of hydrogen-bond donors (Lipinski definition) is 1. The zero-order valence-corrected chi connectivity index (χ0v) is 15.3. The first-order valence-corrected chi connectivity index (χ1v) is 9.09. The molecule has 2 aromatic rings. The van der Waals surface area contributed by atoms with Crippen molar-refractivity contribution < 1.29 is 22.3 Å². The van der Waals surface area contributed by atoms with E-state index < -0.39 is 27.4 Å². The predicted molar refractivity (Wildman–Crippen MR) is 93.6 cm³/mol. The highest BCUT2D eigenvalue weighted by Gasteiger charge is 2.21. The zero-order valence-electron chi connectivity index (χ0n) is 14.5. The van der Waals surface area contributed by atoms with Gasteiger partial charge in [0.1, 0.15) is 11.4 Å². The summed E-state index contributed by atoms with van der Waals surface area (Å²) in [6.45, 7) is 6.94. The van der Waals surface area contributed by atoms with Crippen LogP contribution in [0, 0.1) is 12.7 Å². The molecular weight excluding hydrogens is 345 g/mol. The van der Waals surface area contributed by atoms with Gasteiger partial charge in [0.2, 0.25) is 0 Å². The van der Waals surface area contributed by atoms with Crippen LogP contribution in [-0.4, -0.2) is 20.0 Å². The van der Waals surface area contributed by atoms with E-state index in [0.717, 1.165) is 17.7 Å². The summed E-state index contributed by atoms with van der Waals surface area (Å²) in [5.74, 6) is -1.45. The molecule has 0 unspecified atom stereocenters. The van der Waals surface area contributed by atoms with E-state index >= 15 is 0 Å². The van der Waals surface area contributed by atoms with E-state index in [0.29, 0.717) is 0 Å². The van der Waals surface area contributed by atoms with Crippen LogP contribution >= 0.6 is 0 Å². The summed E-state index contributed by atoms with van der Waals surface area (Å²) < 4.78 is 46.1. The number of nitrogens with one attached hydrogen (secondary N) is 1. The molecule has 0 saturated carbocycles. The highest BCUT2D eigenvalue weighted by molar-refractivity contribution is 7.92. The number of ether oxygens (including phenoxy) is 1. The van der Waals surface area contributed by atoms with Crippen LogP contribution < -0.4 is 4.72 Å². The number of halogens is 1. The summed E-state index contributed by atoms with van der Waals surface area (Å²) in [5, 5.41) is 0. The second-order valence-corrected chi connectivity index (χ2v) is 8.30. The summed E-state index contributed by atoms with van der Waals surface area (Å²) in [6, 6.07) is 9.51. The van der Waals surface area contributed by atoms with Gasteiger partial charge in [0.05, 0.1) is 16.1 Å². The van der Waals surface area contributed by atoms with E-state index in [1.165, 1.54) is 18.2 Å².